The number of aliphatic hydroxyl groups excluding tert-OH is 1. The first kappa shape index (κ1) is 45.5. The lowest BCUT2D eigenvalue weighted by Crippen LogP contribution is -2.41. The highest BCUT2D eigenvalue weighted by atomic mass is 16.5. The predicted molar refractivity (Wildman–Crippen MR) is 239 cm³/mol. The van der Waals surface area contributed by atoms with Crippen LogP contribution in [-0.4, -0.2) is 104 Å². The van der Waals surface area contributed by atoms with Gasteiger partial charge in [-0.25, -0.2) is 19.0 Å². The largest absolute Gasteiger partial charge is 0.480 e. The molecule has 5 aromatic heterocycles. The smallest absolute Gasteiger partial charge is 0.352 e. The number of H-pyrrole nitrogens is 2. The summed E-state index contributed by atoms with van der Waals surface area (Å²) in [6.07, 6.45) is 1.63. The second-order valence-electron chi connectivity index (χ2n) is 17.5. The van der Waals surface area contributed by atoms with Gasteiger partial charge in [-0.2, -0.15) is 4.68 Å². The number of amides is 2. The number of carbonyl (C=O) groups is 5. The summed E-state index contributed by atoms with van der Waals surface area (Å²) in [6.45, 7) is 11.8. The Morgan fingerprint density at radius 2 is 1.62 bits per heavy atom. The van der Waals surface area contributed by atoms with Gasteiger partial charge in [0.15, 0.2) is 5.78 Å². The second-order valence-corrected chi connectivity index (χ2v) is 17.5. The minimum absolute atomic E-state index is 0.0260. The molecule has 2 aliphatic heterocycles. The van der Waals surface area contributed by atoms with E-state index in [-0.39, 0.29) is 67.4 Å². The fourth-order valence-electron chi connectivity index (χ4n) is 9.83. The number of methoxy groups -OCH3 is 1. The number of aliphatic hydroxyl groups is 1. The van der Waals surface area contributed by atoms with Gasteiger partial charge < -0.3 is 35.6 Å². The van der Waals surface area contributed by atoms with Crippen LogP contribution in [0.2, 0.25) is 0 Å². The van der Waals surface area contributed by atoms with E-state index in [1.54, 1.807) is 6.92 Å². The molecule has 0 aromatic carbocycles. The maximum Gasteiger partial charge on any atom is 0.352 e. The Kier molecular flexibility index (Phi) is 12.2. The molecule has 1 aliphatic carbocycles. The number of aryl methyl sites for hydroxylation is 3. The molecule has 0 saturated carbocycles. The molecule has 20 nitrogen and oxygen atoms in total. The fraction of sp³-hybridized carbons (Fsp3) is 0.457. The lowest BCUT2D eigenvalue weighted by Gasteiger charge is -2.19. The minimum atomic E-state index is -1.32. The van der Waals surface area contributed by atoms with Crippen molar-refractivity contribution in [3.05, 3.63) is 91.2 Å². The first-order chi connectivity index (χ1) is 31.4. The Bertz CT molecular complexity index is 3070. The van der Waals surface area contributed by atoms with E-state index in [0.29, 0.717) is 39.1 Å². The van der Waals surface area contributed by atoms with Crippen LogP contribution < -0.4 is 16.3 Å². The molecule has 2 amide bonds. The number of esters is 1. The van der Waals surface area contributed by atoms with Crippen molar-refractivity contribution >= 4 is 57.4 Å². The number of carboxylic acid groups (broad SMARTS) is 1. The molecule has 66 heavy (non-hydrogen) atoms. The number of nitrogens with zero attached hydrogens (tertiary/aromatic N) is 7. The number of nitrogens with one attached hydrogen (secondary N) is 4. The van der Waals surface area contributed by atoms with Crippen LogP contribution in [0.3, 0.4) is 0 Å². The predicted octanol–water partition coefficient (Wildman–Crippen LogP) is 4.32. The summed E-state index contributed by atoms with van der Waals surface area (Å²) in [5, 5.41) is 33.6. The number of hydrogen-bond acceptors (Lipinski definition) is 13. The topological polar surface area (TPSA) is 282 Å². The Morgan fingerprint density at radius 1 is 0.939 bits per heavy atom. The summed E-state index contributed by atoms with van der Waals surface area (Å²) in [6, 6.07) is 4.58. The zero-order valence-corrected chi connectivity index (χ0v) is 38.0. The van der Waals surface area contributed by atoms with Gasteiger partial charge in [-0.1, -0.05) is 31.1 Å². The number of carbonyl (C=O) groups excluding carboxylic acids is 4. The van der Waals surface area contributed by atoms with E-state index in [9.17, 15) is 39.0 Å². The average molecular weight is 904 g/mol. The van der Waals surface area contributed by atoms with Crippen LogP contribution in [0.4, 0.5) is 0 Å². The third-order valence-electron chi connectivity index (χ3n) is 13.5. The molecule has 8 rings (SSSR count). The molecule has 6 N–H and O–H groups in total. The van der Waals surface area contributed by atoms with Crippen LogP contribution in [0.5, 0.6) is 0 Å². The zero-order valence-electron chi connectivity index (χ0n) is 38.0. The van der Waals surface area contributed by atoms with Gasteiger partial charge >= 0.3 is 17.6 Å². The van der Waals surface area contributed by atoms with E-state index >= 15 is 0 Å². The van der Waals surface area contributed by atoms with E-state index in [4.69, 9.17) is 14.7 Å². The molecule has 346 valence electrons. The van der Waals surface area contributed by atoms with Crippen LogP contribution in [-0.2, 0) is 26.2 Å². The van der Waals surface area contributed by atoms with Crippen molar-refractivity contribution in [1.29, 1.82) is 0 Å². The molecule has 7 atom stereocenters. The third kappa shape index (κ3) is 7.92. The van der Waals surface area contributed by atoms with Gasteiger partial charge in [0.2, 0.25) is 5.91 Å². The highest BCUT2D eigenvalue weighted by Gasteiger charge is 2.45. The van der Waals surface area contributed by atoms with Gasteiger partial charge in [0.25, 0.3) is 11.7 Å². The maximum atomic E-state index is 14.4. The quantitative estimate of drug-likeness (QED) is 0.0546. The summed E-state index contributed by atoms with van der Waals surface area (Å²) in [5.41, 5.74) is 7.71. The SMILES string of the molecule is CC[C@@H]1c2cc3[nH]c4c(c3C)C(=O)[C@H](C(=O)OC)c4c3nc(cc4[nH]c(cc(n2)[C@H]1C)c(C(C)O)c4C)[C@H](C)[C@H]3CCC(=O)NCCCC(NC(=O)c1cn2c(=O)n(C)nnc2n1)C(=O)O. The summed E-state index contributed by atoms with van der Waals surface area (Å²) < 4.78 is 7.22. The number of hydrogen-bond donors (Lipinski definition) is 6. The van der Waals surface area contributed by atoms with Crippen LogP contribution in [0, 0.1) is 13.8 Å². The summed E-state index contributed by atoms with van der Waals surface area (Å²) in [5.74, 6) is -5.56. The van der Waals surface area contributed by atoms with Crippen molar-refractivity contribution in [2.75, 3.05) is 13.7 Å². The van der Waals surface area contributed by atoms with E-state index in [1.165, 1.54) is 14.2 Å². The molecule has 5 aromatic rings. The zero-order chi connectivity index (χ0) is 47.5. The lowest BCUT2D eigenvalue weighted by atomic mass is 9.84. The number of fused-ring (bicyclic) bond motifs is 9. The van der Waals surface area contributed by atoms with E-state index in [1.807, 2.05) is 39.0 Å². The number of rotatable bonds is 13. The number of aromatic amines is 2. The fourth-order valence-corrected chi connectivity index (χ4v) is 9.83. The molecule has 7 heterocycles. The van der Waals surface area contributed by atoms with Gasteiger partial charge in [-0.05, 0) is 75.8 Å². The summed E-state index contributed by atoms with van der Waals surface area (Å²) >= 11 is 0. The number of carboxylic acids is 1. The molecule has 0 radical (unpaired) electrons. The maximum absolute atomic E-state index is 14.4. The van der Waals surface area contributed by atoms with Crippen molar-refractivity contribution in [2.45, 2.75) is 115 Å². The van der Waals surface area contributed by atoms with Crippen molar-refractivity contribution in [3.63, 3.8) is 0 Å². The summed E-state index contributed by atoms with van der Waals surface area (Å²) in [7, 11) is 2.62. The molecule has 0 saturated heterocycles. The van der Waals surface area contributed by atoms with Gasteiger partial charge in [0, 0.05) is 100 Å². The van der Waals surface area contributed by atoms with Crippen LogP contribution in [0.1, 0.15) is 161 Å². The number of imidazole rings is 1. The number of ether oxygens (including phenoxy) is 1. The van der Waals surface area contributed by atoms with Gasteiger partial charge in [-0.3, -0.25) is 29.1 Å². The normalized spacial score (nSPS) is 19.8. The Morgan fingerprint density at radius 3 is 2.32 bits per heavy atom. The molecule has 2 unspecified atom stereocenters. The van der Waals surface area contributed by atoms with Crippen LogP contribution in [0.25, 0.3) is 27.8 Å². The van der Waals surface area contributed by atoms with Crippen molar-refractivity contribution in [1.82, 2.24) is 54.9 Å². The Balaban J connectivity index is 1.10. The number of aromatic nitrogens is 9. The first-order valence-electron chi connectivity index (χ1n) is 22.1. The highest BCUT2D eigenvalue weighted by molar-refractivity contribution is 6.23. The standard InChI is InChI=1S/C46H53N11O9/c1-9-24-19(2)27-17-32-35(23(6)58)21(4)29(49-32)15-28-20(3)25(39(50-28)37-38(44(64)66-8)41(60)36-22(5)30(51-40(36)37)16-31(24)48-27)12-13-34(59)47-14-10-11-26(43(62)63)52-42(61)33-18-57-45(53-33)54-55-56(7)46(57)65/h15-20,23-26,38,49,51,58H,9-14H2,1-8H3,(H,47,59)(H,52,61)(H,62,63)/t19-,20+,23?,24-,25+,26?,38+/m0/s1. The van der Waals surface area contributed by atoms with Crippen LogP contribution in [0.15, 0.2) is 29.2 Å². The Labute approximate surface area is 377 Å². The average Bonchev–Trinajstić information content (AvgIpc) is 4.11. The minimum Gasteiger partial charge on any atom is -0.480 e. The molecule has 0 fully saturated rings. The van der Waals surface area contributed by atoms with Crippen molar-refractivity contribution in [2.24, 2.45) is 7.05 Å². The second kappa shape index (κ2) is 17.7. The third-order valence-corrected chi connectivity index (χ3v) is 13.5. The molecule has 8 bridgehead atoms. The number of Topliss-reactive ketones (excluding diaryl/α,β-unsaturated/α-hetero) is 1. The molecular formula is C46H53N11O9. The van der Waals surface area contributed by atoms with E-state index < -0.39 is 53.3 Å². The van der Waals surface area contributed by atoms with E-state index in [2.05, 4.69) is 49.7 Å². The number of ketones is 1. The van der Waals surface area contributed by atoms with Crippen molar-refractivity contribution < 1.29 is 38.9 Å². The molecule has 0 spiro atoms. The van der Waals surface area contributed by atoms with E-state index in [0.717, 1.165) is 55.2 Å². The highest BCUT2D eigenvalue weighted by Crippen LogP contribution is 2.48. The van der Waals surface area contributed by atoms with Gasteiger partial charge in [0.05, 0.1) is 24.4 Å². The summed E-state index contributed by atoms with van der Waals surface area (Å²) in [4.78, 5) is 100. The van der Waals surface area contributed by atoms with Gasteiger partial charge in [0.1, 0.15) is 17.7 Å². The lowest BCUT2D eigenvalue weighted by molar-refractivity contribution is -0.141. The number of aliphatic carboxylic acids is 1. The molecule has 3 aliphatic rings. The monoisotopic (exact) mass is 903 g/mol. The molecular weight excluding hydrogens is 851 g/mol. The van der Waals surface area contributed by atoms with Crippen molar-refractivity contribution in [3.8, 4) is 0 Å². The van der Waals surface area contributed by atoms with Crippen LogP contribution >= 0.6 is 0 Å². The molecule has 20 heteroatoms. The Hall–Kier alpha value is -7.09. The van der Waals surface area contributed by atoms with Gasteiger partial charge in [-0.15, -0.1) is 0 Å². The first-order valence-corrected chi connectivity index (χ1v) is 22.1.